The molecule has 158 valence electrons. The third kappa shape index (κ3) is 4.65. The Bertz CT molecular complexity index is 927. The number of carbonyl (C=O) groups is 1. The Kier molecular flexibility index (Phi) is 6.33. The van der Waals surface area contributed by atoms with Gasteiger partial charge in [-0.1, -0.05) is 24.3 Å². The van der Waals surface area contributed by atoms with E-state index in [-0.39, 0.29) is 18.0 Å². The van der Waals surface area contributed by atoms with E-state index in [0.29, 0.717) is 17.1 Å². The largest absolute Gasteiger partial charge is 0.493 e. The lowest BCUT2D eigenvalue weighted by Gasteiger charge is -2.29. The SMILES string of the molecule is COc1cccc2c1OC(CCCCN1CC=C(c3ccc(F)cc3)CC1)NC2=O. The van der Waals surface area contributed by atoms with Crippen molar-refractivity contribution in [3.8, 4) is 11.5 Å². The van der Waals surface area contributed by atoms with Crippen molar-refractivity contribution in [3.05, 3.63) is 65.5 Å². The first-order valence-electron chi connectivity index (χ1n) is 10.5. The van der Waals surface area contributed by atoms with Crippen LogP contribution in [0.15, 0.2) is 48.5 Å². The van der Waals surface area contributed by atoms with E-state index in [1.54, 1.807) is 25.3 Å². The zero-order chi connectivity index (χ0) is 20.9. The molecule has 2 heterocycles. The van der Waals surface area contributed by atoms with Crippen molar-refractivity contribution in [2.45, 2.75) is 31.9 Å². The van der Waals surface area contributed by atoms with Crippen LogP contribution in [0, 0.1) is 5.82 Å². The fourth-order valence-corrected chi connectivity index (χ4v) is 4.01. The number of nitrogens with zero attached hydrogens (tertiary/aromatic N) is 1. The topological polar surface area (TPSA) is 50.8 Å². The predicted molar refractivity (Wildman–Crippen MR) is 114 cm³/mol. The fourth-order valence-electron chi connectivity index (χ4n) is 4.01. The van der Waals surface area contributed by atoms with Gasteiger partial charge in [0.1, 0.15) is 5.82 Å². The number of hydrogen-bond donors (Lipinski definition) is 1. The van der Waals surface area contributed by atoms with Gasteiger partial charge >= 0.3 is 0 Å². The van der Waals surface area contributed by atoms with Crippen LogP contribution in [-0.4, -0.2) is 43.8 Å². The molecular formula is C24H27FN2O3. The lowest BCUT2D eigenvalue weighted by molar-refractivity contribution is 0.0722. The molecule has 4 rings (SSSR count). The van der Waals surface area contributed by atoms with Gasteiger partial charge in [-0.25, -0.2) is 4.39 Å². The molecule has 1 amide bonds. The van der Waals surface area contributed by atoms with Crippen LogP contribution in [0.4, 0.5) is 4.39 Å². The molecule has 0 spiro atoms. The third-order valence-electron chi connectivity index (χ3n) is 5.69. The second-order valence-corrected chi connectivity index (χ2v) is 7.70. The number of nitrogens with one attached hydrogen (secondary N) is 1. The summed E-state index contributed by atoms with van der Waals surface area (Å²) in [5.74, 6) is 0.805. The molecule has 0 saturated heterocycles. The average molecular weight is 410 g/mol. The van der Waals surface area contributed by atoms with Crippen LogP contribution in [0.5, 0.6) is 11.5 Å². The fraction of sp³-hybridized carbons (Fsp3) is 0.375. The van der Waals surface area contributed by atoms with E-state index in [4.69, 9.17) is 9.47 Å². The molecule has 0 bridgehead atoms. The number of unbranched alkanes of at least 4 members (excludes halogenated alkanes) is 1. The number of para-hydroxylation sites is 1. The molecule has 2 aliphatic heterocycles. The summed E-state index contributed by atoms with van der Waals surface area (Å²) < 4.78 is 24.4. The van der Waals surface area contributed by atoms with Crippen LogP contribution >= 0.6 is 0 Å². The van der Waals surface area contributed by atoms with Gasteiger partial charge in [0.05, 0.1) is 12.7 Å². The van der Waals surface area contributed by atoms with Crippen molar-refractivity contribution < 1.29 is 18.7 Å². The molecular weight excluding hydrogens is 383 g/mol. The Morgan fingerprint density at radius 1 is 1.20 bits per heavy atom. The average Bonchev–Trinajstić information content (AvgIpc) is 2.77. The molecule has 0 aliphatic carbocycles. The van der Waals surface area contributed by atoms with Crippen molar-refractivity contribution in [1.29, 1.82) is 0 Å². The Balaban J connectivity index is 1.22. The number of benzene rings is 2. The van der Waals surface area contributed by atoms with Crippen molar-refractivity contribution in [2.75, 3.05) is 26.7 Å². The predicted octanol–water partition coefficient (Wildman–Crippen LogP) is 4.24. The van der Waals surface area contributed by atoms with Gasteiger partial charge in [-0.3, -0.25) is 9.69 Å². The molecule has 5 nitrogen and oxygen atoms in total. The van der Waals surface area contributed by atoms with Gasteiger partial charge in [0.2, 0.25) is 0 Å². The number of rotatable bonds is 7. The minimum absolute atomic E-state index is 0.116. The second kappa shape index (κ2) is 9.30. The van der Waals surface area contributed by atoms with Gasteiger partial charge in [-0.05, 0) is 61.2 Å². The van der Waals surface area contributed by atoms with Gasteiger partial charge in [0, 0.05) is 19.5 Å². The first-order valence-corrected chi connectivity index (χ1v) is 10.5. The summed E-state index contributed by atoms with van der Waals surface area (Å²) >= 11 is 0. The summed E-state index contributed by atoms with van der Waals surface area (Å²) in [6.45, 7) is 2.92. The van der Waals surface area contributed by atoms with E-state index >= 15 is 0 Å². The van der Waals surface area contributed by atoms with Crippen molar-refractivity contribution in [2.24, 2.45) is 0 Å². The number of methoxy groups -OCH3 is 1. The van der Waals surface area contributed by atoms with Gasteiger partial charge in [-0.2, -0.15) is 0 Å². The number of halogens is 1. The molecule has 2 aliphatic rings. The zero-order valence-corrected chi connectivity index (χ0v) is 17.2. The minimum atomic E-state index is -0.326. The molecule has 30 heavy (non-hydrogen) atoms. The second-order valence-electron chi connectivity index (χ2n) is 7.70. The first kappa shape index (κ1) is 20.4. The maximum Gasteiger partial charge on any atom is 0.257 e. The number of ether oxygens (including phenoxy) is 2. The van der Waals surface area contributed by atoms with E-state index in [9.17, 15) is 9.18 Å². The van der Waals surface area contributed by atoms with E-state index in [1.807, 2.05) is 12.1 Å². The van der Waals surface area contributed by atoms with E-state index in [2.05, 4.69) is 16.3 Å². The standard InChI is InChI=1S/C24H27FN2O3/c1-29-21-6-4-5-20-23(21)30-22(26-24(20)28)7-2-3-14-27-15-12-18(13-16-27)17-8-10-19(25)11-9-17/h4-6,8-12,22H,2-3,7,13-16H2,1H3,(H,26,28). The molecule has 2 aromatic carbocycles. The lowest BCUT2D eigenvalue weighted by Crippen LogP contribution is -2.43. The van der Waals surface area contributed by atoms with Crippen molar-refractivity contribution in [1.82, 2.24) is 10.2 Å². The van der Waals surface area contributed by atoms with Crippen LogP contribution in [0.3, 0.4) is 0 Å². The first-order chi connectivity index (χ1) is 14.6. The van der Waals surface area contributed by atoms with Crippen LogP contribution in [-0.2, 0) is 0 Å². The highest BCUT2D eigenvalue weighted by Crippen LogP contribution is 2.34. The van der Waals surface area contributed by atoms with Crippen LogP contribution in [0.2, 0.25) is 0 Å². The summed E-state index contributed by atoms with van der Waals surface area (Å²) in [4.78, 5) is 14.8. The lowest BCUT2D eigenvalue weighted by atomic mass is 9.99. The Morgan fingerprint density at radius 3 is 2.77 bits per heavy atom. The number of amides is 1. The molecule has 0 radical (unpaired) electrons. The zero-order valence-electron chi connectivity index (χ0n) is 17.2. The smallest absolute Gasteiger partial charge is 0.257 e. The molecule has 6 heteroatoms. The Morgan fingerprint density at radius 2 is 2.03 bits per heavy atom. The number of fused-ring (bicyclic) bond motifs is 1. The number of hydrogen-bond acceptors (Lipinski definition) is 4. The van der Waals surface area contributed by atoms with Gasteiger partial charge < -0.3 is 14.8 Å². The van der Waals surface area contributed by atoms with Crippen molar-refractivity contribution in [3.63, 3.8) is 0 Å². The highest BCUT2D eigenvalue weighted by molar-refractivity contribution is 5.98. The molecule has 0 saturated carbocycles. The highest BCUT2D eigenvalue weighted by atomic mass is 19.1. The van der Waals surface area contributed by atoms with Crippen molar-refractivity contribution >= 4 is 11.5 Å². The Labute approximate surface area is 176 Å². The molecule has 1 unspecified atom stereocenters. The Hall–Kier alpha value is -2.86. The molecule has 1 N–H and O–H groups in total. The summed E-state index contributed by atoms with van der Waals surface area (Å²) in [6.07, 6.45) is 5.64. The third-order valence-corrected chi connectivity index (χ3v) is 5.69. The van der Waals surface area contributed by atoms with Gasteiger partial charge in [-0.15, -0.1) is 0 Å². The molecule has 2 aromatic rings. The molecule has 0 fully saturated rings. The van der Waals surface area contributed by atoms with Crippen LogP contribution in [0.1, 0.15) is 41.6 Å². The number of carbonyl (C=O) groups excluding carboxylic acids is 1. The van der Waals surface area contributed by atoms with Gasteiger partial charge in [0.15, 0.2) is 17.7 Å². The maximum atomic E-state index is 13.1. The summed E-state index contributed by atoms with van der Waals surface area (Å²) in [6, 6.07) is 12.1. The monoisotopic (exact) mass is 410 g/mol. The molecule has 1 atom stereocenters. The summed E-state index contributed by atoms with van der Waals surface area (Å²) in [5, 5.41) is 2.92. The van der Waals surface area contributed by atoms with Crippen LogP contribution in [0.25, 0.3) is 5.57 Å². The summed E-state index contributed by atoms with van der Waals surface area (Å²) in [7, 11) is 1.58. The maximum absolute atomic E-state index is 13.1. The van der Waals surface area contributed by atoms with Crippen LogP contribution < -0.4 is 14.8 Å². The summed E-state index contributed by atoms with van der Waals surface area (Å²) in [5.41, 5.74) is 2.91. The van der Waals surface area contributed by atoms with E-state index in [0.717, 1.165) is 50.9 Å². The normalized spacial score (nSPS) is 18.8. The quantitative estimate of drug-likeness (QED) is 0.694. The van der Waals surface area contributed by atoms with E-state index < -0.39 is 0 Å². The van der Waals surface area contributed by atoms with E-state index in [1.165, 1.54) is 17.7 Å². The highest BCUT2D eigenvalue weighted by Gasteiger charge is 2.27. The molecule has 0 aromatic heterocycles. The van der Waals surface area contributed by atoms with Gasteiger partial charge in [0.25, 0.3) is 5.91 Å². The minimum Gasteiger partial charge on any atom is -0.493 e.